The molecule has 0 unspecified atom stereocenters. The maximum absolute atomic E-state index is 11.8. The lowest BCUT2D eigenvalue weighted by atomic mass is 10.3. The Hall–Kier alpha value is -2.12. The Morgan fingerprint density at radius 2 is 2.05 bits per heavy atom. The van der Waals surface area contributed by atoms with Crippen LogP contribution < -0.4 is 10.1 Å². The number of amides is 1. The van der Waals surface area contributed by atoms with Gasteiger partial charge in [-0.05, 0) is 40.2 Å². The molecule has 0 bridgehead atoms. The van der Waals surface area contributed by atoms with Crippen LogP contribution in [-0.2, 0) is 4.79 Å². The number of carbonyl (C=O) groups is 1. The quantitative estimate of drug-likeness (QED) is 0.622. The Kier molecular flexibility index (Phi) is 5.35. The summed E-state index contributed by atoms with van der Waals surface area (Å²) >= 11 is 9.00. The monoisotopic (exact) mass is 384 g/mol. The zero-order valence-corrected chi connectivity index (χ0v) is 13.4. The van der Waals surface area contributed by atoms with Gasteiger partial charge in [-0.3, -0.25) is 14.9 Å². The Bertz CT molecular complexity index is 724. The van der Waals surface area contributed by atoms with Crippen molar-refractivity contribution in [3.05, 3.63) is 62.1 Å². The average Bonchev–Trinajstić information content (AvgIpc) is 2.48. The van der Waals surface area contributed by atoms with Gasteiger partial charge in [0.2, 0.25) is 0 Å². The maximum atomic E-state index is 11.8. The number of nitrogens with zero attached hydrogens (tertiary/aromatic N) is 1. The van der Waals surface area contributed by atoms with Crippen molar-refractivity contribution < 1.29 is 14.5 Å². The summed E-state index contributed by atoms with van der Waals surface area (Å²) in [5.41, 5.74) is 0.00279. The summed E-state index contributed by atoms with van der Waals surface area (Å²) in [6, 6.07) is 11.1. The SMILES string of the molecule is O=C(COc1ccccc1Br)Nc1ccc(Cl)c([N+](=O)[O-])c1. The first-order valence-electron chi connectivity index (χ1n) is 6.08. The molecule has 22 heavy (non-hydrogen) atoms. The number of hydrogen-bond acceptors (Lipinski definition) is 4. The minimum absolute atomic E-state index is 0.00691. The van der Waals surface area contributed by atoms with Crippen molar-refractivity contribution in [3.63, 3.8) is 0 Å². The molecule has 2 rings (SSSR count). The van der Waals surface area contributed by atoms with Gasteiger partial charge < -0.3 is 10.1 Å². The fourth-order valence-electron chi connectivity index (χ4n) is 1.63. The number of para-hydroxylation sites is 1. The van der Waals surface area contributed by atoms with Gasteiger partial charge in [-0.25, -0.2) is 0 Å². The molecule has 114 valence electrons. The van der Waals surface area contributed by atoms with Crippen LogP contribution in [0.15, 0.2) is 46.9 Å². The summed E-state index contributed by atoms with van der Waals surface area (Å²) < 4.78 is 6.08. The van der Waals surface area contributed by atoms with Crippen LogP contribution in [0.4, 0.5) is 11.4 Å². The van der Waals surface area contributed by atoms with Crippen molar-refractivity contribution in [1.29, 1.82) is 0 Å². The largest absolute Gasteiger partial charge is 0.483 e. The number of nitrogens with one attached hydrogen (secondary N) is 1. The molecular weight excluding hydrogens is 376 g/mol. The molecule has 0 aliphatic heterocycles. The number of anilines is 1. The Morgan fingerprint density at radius 3 is 2.73 bits per heavy atom. The minimum atomic E-state index is -0.616. The molecule has 0 atom stereocenters. The predicted octanol–water partition coefficient (Wildman–Crippen LogP) is 4.03. The summed E-state index contributed by atoms with van der Waals surface area (Å²) in [5, 5.41) is 13.3. The van der Waals surface area contributed by atoms with Crippen LogP contribution in [-0.4, -0.2) is 17.4 Å². The van der Waals surface area contributed by atoms with E-state index in [0.29, 0.717) is 5.75 Å². The van der Waals surface area contributed by atoms with Crippen LogP contribution in [0.3, 0.4) is 0 Å². The van der Waals surface area contributed by atoms with Crippen molar-refractivity contribution in [2.75, 3.05) is 11.9 Å². The first-order valence-corrected chi connectivity index (χ1v) is 7.25. The first kappa shape index (κ1) is 16.3. The summed E-state index contributed by atoms with van der Waals surface area (Å²) in [5.74, 6) is 0.0899. The van der Waals surface area contributed by atoms with E-state index in [1.54, 1.807) is 18.2 Å². The second-order valence-electron chi connectivity index (χ2n) is 4.19. The second kappa shape index (κ2) is 7.24. The van der Waals surface area contributed by atoms with Crippen molar-refractivity contribution in [3.8, 4) is 5.75 Å². The lowest BCUT2D eigenvalue weighted by Crippen LogP contribution is -2.20. The third-order valence-corrected chi connectivity index (χ3v) is 3.60. The zero-order chi connectivity index (χ0) is 16.1. The standard InChI is InChI=1S/C14H10BrClN2O4/c15-10-3-1-2-4-13(10)22-8-14(19)17-9-5-6-11(16)12(7-9)18(20)21/h1-7H,8H2,(H,17,19). The van der Waals surface area contributed by atoms with Crippen molar-refractivity contribution in [2.45, 2.75) is 0 Å². The highest BCUT2D eigenvalue weighted by Gasteiger charge is 2.14. The van der Waals surface area contributed by atoms with E-state index in [2.05, 4.69) is 21.2 Å². The van der Waals surface area contributed by atoms with Gasteiger partial charge in [0.25, 0.3) is 11.6 Å². The topological polar surface area (TPSA) is 81.5 Å². The highest BCUT2D eigenvalue weighted by Crippen LogP contribution is 2.27. The molecular formula is C14H10BrClN2O4. The van der Waals surface area contributed by atoms with Crippen LogP contribution in [0.25, 0.3) is 0 Å². The molecule has 0 saturated heterocycles. The Morgan fingerprint density at radius 1 is 1.32 bits per heavy atom. The van der Waals surface area contributed by atoms with E-state index >= 15 is 0 Å². The molecule has 2 aromatic carbocycles. The van der Waals surface area contributed by atoms with Gasteiger partial charge in [0.15, 0.2) is 6.61 Å². The van der Waals surface area contributed by atoms with Gasteiger partial charge in [0, 0.05) is 11.8 Å². The van der Waals surface area contributed by atoms with Gasteiger partial charge in [-0.2, -0.15) is 0 Å². The third-order valence-electron chi connectivity index (χ3n) is 2.62. The smallest absolute Gasteiger partial charge is 0.289 e. The number of benzene rings is 2. The zero-order valence-electron chi connectivity index (χ0n) is 11.1. The molecule has 8 heteroatoms. The second-order valence-corrected chi connectivity index (χ2v) is 5.45. The number of rotatable bonds is 5. The van der Waals surface area contributed by atoms with Crippen molar-refractivity contribution in [2.24, 2.45) is 0 Å². The molecule has 0 spiro atoms. The van der Waals surface area contributed by atoms with Crippen LogP contribution in [0, 0.1) is 10.1 Å². The van der Waals surface area contributed by atoms with E-state index < -0.39 is 10.8 Å². The van der Waals surface area contributed by atoms with Gasteiger partial charge in [-0.1, -0.05) is 23.7 Å². The van der Waals surface area contributed by atoms with E-state index in [0.717, 1.165) is 4.47 Å². The van der Waals surface area contributed by atoms with Crippen LogP contribution in [0.1, 0.15) is 0 Å². The van der Waals surface area contributed by atoms with Crippen molar-refractivity contribution in [1.82, 2.24) is 0 Å². The molecule has 0 aromatic heterocycles. The fourth-order valence-corrected chi connectivity index (χ4v) is 2.22. The van der Waals surface area contributed by atoms with Crippen LogP contribution in [0.2, 0.25) is 5.02 Å². The Labute approximate surface area is 139 Å². The number of nitro groups is 1. The molecule has 0 aliphatic rings. The average molecular weight is 386 g/mol. The summed E-state index contributed by atoms with van der Waals surface area (Å²) in [6.45, 7) is -0.223. The molecule has 1 amide bonds. The van der Waals surface area contributed by atoms with Gasteiger partial charge in [-0.15, -0.1) is 0 Å². The highest BCUT2D eigenvalue weighted by atomic mass is 79.9. The number of nitro benzene ring substituents is 1. The highest BCUT2D eigenvalue weighted by molar-refractivity contribution is 9.10. The first-order chi connectivity index (χ1) is 10.5. The molecule has 0 fully saturated rings. The number of halogens is 2. The summed E-state index contributed by atoms with van der Waals surface area (Å²) in [6.07, 6.45) is 0. The third kappa shape index (κ3) is 4.19. The van der Waals surface area contributed by atoms with E-state index in [9.17, 15) is 14.9 Å². The van der Waals surface area contributed by atoms with Crippen LogP contribution >= 0.6 is 27.5 Å². The molecule has 6 nitrogen and oxygen atoms in total. The lowest BCUT2D eigenvalue weighted by Gasteiger charge is -2.09. The normalized spacial score (nSPS) is 10.1. The number of carbonyl (C=O) groups excluding carboxylic acids is 1. The van der Waals surface area contributed by atoms with Gasteiger partial charge in [0.05, 0.1) is 9.40 Å². The molecule has 1 N–H and O–H groups in total. The number of ether oxygens (including phenoxy) is 1. The molecule has 0 radical (unpaired) electrons. The summed E-state index contributed by atoms with van der Waals surface area (Å²) in [4.78, 5) is 22.0. The minimum Gasteiger partial charge on any atom is -0.483 e. The van der Waals surface area contributed by atoms with Gasteiger partial charge >= 0.3 is 0 Å². The predicted molar refractivity (Wildman–Crippen MR) is 86.4 cm³/mol. The fraction of sp³-hybridized carbons (Fsp3) is 0.0714. The summed E-state index contributed by atoms with van der Waals surface area (Å²) in [7, 11) is 0. The molecule has 2 aromatic rings. The van der Waals surface area contributed by atoms with E-state index in [-0.39, 0.29) is 23.0 Å². The molecule has 0 aliphatic carbocycles. The van der Waals surface area contributed by atoms with Crippen molar-refractivity contribution >= 4 is 44.8 Å². The van der Waals surface area contributed by atoms with E-state index in [1.807, 2.05) is 6.07 Å². The van der Waals surface area contributed by atoms with Gasteiger partial charge in [0.1, 0.15) is 10.8 Å². The molecule has 0 saturated carbocycles. The lowest BCUT2D eigenvalue weighted by molar-refractivity contribution is -0.384. The van der Waals surface area contributed by atoms with E-state index in [4.69, 9.17) is 16.3 Å². The van der Waals surface area contributed by atoms with Crippen LogP contribution in [0.5, 0.6) is 5.75 Å². The number of hydrogen-bond donors (Lipinski definition) is 1. The Balaban J connectivity index is 1.99. The maximum Gasteiger partial charge on any atom is 0.289 e. The van der Waals surface area contributed by atoms with E-state index in [1.165, 1.54) is 18.2 Å². The molecule has 0 heterocycles.